The van der Waals surface area contributed by atoms with E-state index in [0.717, 1.165) is 16.5 Å². The van der Waals surface area contributed by atoms with Crippen molar-refractivity contribution in [3.8, 4) is 28.7 Å². The van der Waals surface area contributed by atoms with Gasteiger partial charge in [0.05, 0.1) is 44.2 Å². The molecule has 0 spiro atoms. The van der Waals surface area contributed by atoms with Crippen LogP contribution < -0.4 is 29.1 Å². The molecule has 1 amide bonds. The van der Waals surface area contributed by atoms with Gasteiger partial charge in [0.2, 0.25) is 5.75 Å². The van der Waals surface area contributed by atoms with Gasteiger partial charge in [-0.2, -0.15) is 5.10 Å². The van der Waals surface area contributed by atoms with Crippen LogP contribution in [0.25, 0.3) is 0 Å². The molecule has 0 unspecified atom stereocenters. The first-order chi connectivity index (χ1) is 16.0. The summed E-state index contributed by atoms with van der Waals surface area (Å²) in [6, 6.07) is 6.84. The highest BCUT2D eigenvalue weighted by molar-refractivity contribution is 9.10. The van der Waals surface area contributed by atoms with Crippen LogP contribution in [0, 0.1) is 0 Å². The van der Waals surface area contributed by atoms with Crippen LogP contribution in [-0.4, -0.2) is 45.7 Å². The highest BCUT2D eigenvalue weighted by Gasteiger charge is 2.18. The Hall–Kier alpha value is -2.94. The molecule has 0 heterocycles. The molecule has 0 fully saturated rings. The van der Waals surface area contributed by atoms with Gasteiger partial charge in [-0.15, -0.1) is 0 Å². The minimum absolute atomic E-state index is 0.338. The SMILES string of the molecule is CCCOc1c(Br)cc(/C=N/NC(=O)c2cc(OCC)c(OCC)c(OCC)c2)cc1OC. The van der Waals surface area contributed by atoms with Crippen molar-refractivity contribution in [2.75, 3.05) is 33.5 Å². The number of nitrogens with zero attached hydrogens (tertiary/aromatic N) is 1. The predicted octanol–water partition coefficient (Wildman–Crippen LogP) is 5.21. The standard InChI is InChI=1S/C24H31BrN2O6/c1-6-10-33-22-18(25)11-16(12-19(22)29-5)15-26-27-24(28)17-13-20(30-7-2)23(32-9-4)21(14-17)31-8-3/h11-15H,6-10H2,1-5H3,(H,27,28)/b26-15+. The van der Waals surface area contributed by atoms with Gasteiger partial charge in [-0.3, -0.25) is 4.79 Å². The van der Waals surface area contributed by atoms with Gasteiger partial charge < -0.3 is 23.7 Å². The summed E-state index contributed by atoms with van der Waals surface area (Å²) < 4.78 is 28.9. The van der Waals surface area contributed by atoms with Gasteiger partial charge in [0, 0.05) is 5.56 Å². The molecule has 0 aliphatic carbocycles. The third-order valence-electron chi connectivity index (χ3n) is 4.25. The van der Waals surface area contributed by atoms with Crippen molar-refractivity contribution in [1.82, 2.24) is 5.43 Å². The molecule has 8 nitrogen and oxygen atoms in total. The topological polar surface area (TPSA) is 87.6 Å². The van der Waals surface area contributed by atoms with Crippen LogP contribution in [0.2, 0.25) is 0 Å². The van der Waals surface area contributed by atoms with E-state index in [0.29, 0.717) is 60.7 Å². The van der Waals surface area contributed by atoms with Crippen molar-refractivity contribution >= 4 is 28.1 Å². The van der Waals surface area contributed by atoms with Crippen LogP contribution in [0.4, 0.5) is 0 Å². The molecule has 0 atom stereocenters. The maximum atomic E-state index is 12.7. The molecule has 0 aliphatic rings. The van der Waals surface area contributed by atoms with E-state index in [-0.39, 0.29) is 0 Å². The van der Waals surface area contributed by atoms with Crippen molar-refractivity contribution in [2.24, 2.45) is 5.10 Å². The van der Waals surface area contributed by atoms with Gasteiger partial charge in [-0.1, -0.05) is 6.92 Å². The van der Waals surface area contributed by atoms with Crippen molar-refractivity contribution in [1.29, 1.82) is 0 Å². The van der Waals surface area contributed by atoms with Crippen molar-refractivity contribution in [2.45, 2.75) is 34.1 Å². The Bertz CT molecular complexity index is 937. The third-order valence-corrected chi connectivity index (χ3v) is 4.84. The lowest BCUT2D eigenvalue weighted by Crippen LogP contribution is -2.18. The Balaban J connectivity index is 2.23. The normalized spacial score (nSPS) is 10.7. The fraction of sp³-hybridized carbons (Fsp3) is 0.417. The zero-order valence-electron chi connectivity index (χ0n) is 19.7. The number of carbonyl (C=O) groups is 1. The maximum Gasteiger partial charge on any atom is 0.271 e. The molecule has 0 aromatic heterocycles. The summed E-state index contributed by atoms with van der Waals surface area (Å²) in [7, 11) is 1.57. The number of hydrazone groups is 1. The van der Waals surface area contributed by atoms with E-state index in [1.807, 2.05) is 33.8 Å². The maximum absolute atomic E-state index is 12.7. The lowest BCUT2D eigenvalue weighted by atomic mass is 10.1. The predicted molar refractivity (Wildman–Crippen MR) is 131 cm³/mol. The smallest absolute Gasteiger partial charge is 0.271 e. The highest BCUT2D eigenvalue weighted by atomic mass is 79.9. The molecule has 0 radical (unpaired) electrons. The van der Waals surface area contributed by atoms with E-state index in [9.17, 15) is 4.79 Å². The van der Waals surface area contributed by atoms with Crippen LogP contribution in [0.5, 0.6) is 28.7 Å². The molecule has 0 saturated carbocycles. The Kier molecular flexibility index (Phi) is 10.8. The average Bonchev–Trinajstić information content (AvgIpc) is 2.80. The summed E-state index contributed by atoms with van der Waals surface area (Å²) in [5.41, 5.74) is 3.59. The summed E-state index contributed by atoms with van der Waals surface area (Å²) in [5.74, 6) is 2.14. The fourth-order valence-corrected chi connectivity index (χ4v) is 3.48. The van der Waals surface area contributed by atoms with E-state index in [4.69, 9.17) is 23.7 Å². The van der Waals surface area contributed by atoms with Gasteiger partial charge in [-0.25, -0.2) is 5.43 Å². The lowest BCUT2D eigenvalue weighted by Gasteiger charge is -2.16. The monoisotopic (exact) mass is 522 g/mol. The summed E-state index contributed by atoms with van der Waals surface area (Å²) >= 11 is 3.50. The quantitative estimate of drug-likeness (QED) is 0.287. The second kappa shape index (κ2) is 13.6. The first-order valence-electron chi connectivity index (χ1n) is 10.9. The van der Waals surface area contributed by atoms with Gasteiger partial charge in [0.25, 0.3) is 5.91 Å². The summed E-state index contributed by atoms with van der Waals surface area (Å²) in [6.07, 6.45) is 2.41. The number of amides is 1. The third kappa shape index (κ3) is 7.28. The Labute approximate surface area is 203 Å². The molecule has 180 valence electrons. The molecule has 0 aliphatic heterocycles. The van der Waals surface area contributed by atoms with Crippen LogP contribution in [0.1, 0.15) is 50.0 Å². The van der Waals surface area contributed by atoms with Crippen molar-refractivity contribution < 1.29 is 28.5 Å². The molecular formula is C24H31BrN2O6. The Morgan fingerprint density at radius 1 is 0.909 bits per heavy atom. The number of methoxy groups -OCH3 is 1. The number of hydrogen-bond donors (Lipinski definition) is 1. The molecule has 2 aromatic rings. The van der Waals surface area contributed by atoms with Gasteiger partial charge in [0.15, 0.2) is 23.0 Å². The van der Waals surface area contributed by atoms with E-state index < -0.39 is 5.91 Å². The van der Waals surface area contributed by atoms with Crippen LogP contribution in [0.3, 0.4) is 0 Å². The molecule has 33 heavy (non-hydrogen) atoms. The van der Waals surface area contributed by atoms with Crippen LogP contribution in [-0.2, 0) is 0 Å². The van der Waals surface area contributed by atoms with Crippen LogP contribution >= 0.6 is 15.9 Å². The first kappa shape index (κ1) is 26.3. The summed E-state index contributed by atoms with van der Waals surface area (Å²) in [5, 5.41) is 4.08. The molecular weight excluding hydrogens is 492 g/mol. The van der Waals surface area contributed by atoms with Gasteiger partial charge in [-0.05, 0) is 73.0 Å². The number of hydrogen-bond acceptors (Lipinski definition) is 7. The van der Waals surface area contributed by atoms with Gasteiger partial charge in [0.1, 0.15) is 0 Å². The number of benzene rings is 2. The first-order valence-corrected chi connectivity index (χ1v) is 11.7. The number of ether oxygens (including phenoxy) is 5. The van der Waals surface area contributed by atoms with E-state index in [1.54, 1.807) is 25.3 Å². The molecule has 0 bridgehead atoms. The van der Waals surface area contributed by atoms with E-state index in [2.05, 4.69) is 26.5 Å². The second-order valence-corrected chi connectivity index (χ2v) is 7.54. The summed E-state index contributed by atoms with van der Waals surface area (Å²) in [4.78, 5) is 12.7. The average molecular weight is 523 g/mol. The zero-order valence-corrected chi connectivity index (χ0v) is 21.3. The van der Waals surface area contributed by atoms with E-state index >= 15 is 0 Å². The fourth-order valence-electron chi connectivity index (χ4n) is 2.91. The minimum atomic E-state index is -0.412. The lowest BCUT2D eigenvalue weighted by molar-refractivity contribution is 0.0954. The van der Waals surface area contributed by atoms with Crippen molar-refractivity contribution in [3.63, 3.8) is 0 Å². The molecule has 9 heteroatoms. The van der Waals surface area contributed by atoms with Crippen LogP contribution in [0.15, 0.2) is 33.8 Å². The molecule has 0 saturated heterocycles. The molecule has 2 aromatic carbocycles. The highest BCUT2D eigenvalue weighted by Crippen LogP contribution is 2.39. The Morgan fingerprint density at radius 3 is 2.09 bits per heavy atom. The number of nitrogens with one attached hydrogen (secondary N) is 1. The van der Waals surface area contributed by atoms with Crippen molar-refractivity contribution in [3.05, 3.63) is 39.9 Å². The number of rotatable bonds is 13. The van der Waals surface area contributed by atoms with Gasteiger partial charge >= 0.3 is 0 Å². The zero-order chi connectivity index (χ0) is 24.2. The van der Waals surface area contributed by atoms with E-state index in [1.165, 1.54) is 6.21 Å². The molecule has 2 rings (SSSR count). The Morgan fingerprint density at radius 2 is 1.55 bits per heavy atom. The second-order valence-electron chi connectivity index (χ2n) is 6.68. The number of carbonyl (C=O) groups excluding carboxylic acids is 1. The minimum Gasteiger partial charge on any atom is -0.493 e. The summed E-state index contributed by atoms with van der Waals surface area (Å²) in [6.45, 7) is 9.48. The largest absolute Gasteiger partial charge is 0.493 e. The number of halogens is 1. The molecule has 1 N–H and O–H groups in total.